The predicted octanol–water partition coefficient (Wildman–Crippen LogP) is 3.30. The molecule has 0 saturated carbocycles. The average Bonchev–Trinajstić information content (AvgIpc) is 2.33. The van der Waals surface area contributed by atoms with Crippen LogP contribution < -0.4 is 10.6 Å². The van der Waals surface area contributed by atoms with Crippen LogP contribution in [0, 0.1) is 5.82 Å². The lowest BCUT2D eigenvalue weighted by molar-refractivity contribution is -0.122. The summed E-state index contributed by atoms with van der Waals surface area (Å²) in [4.78, 5) is 11.8. The molecule has 0 saturated heterocycles. The SMILES string of the molecule is CCC(C)NC(=O)C(C)Nc1ccc(F)c(Br)c1. The largest absolute Gasteiger partial charge is 0.374 e. The van der Waals surface area contributed by atoms with E-state index in [0.717, 1.165) is 6.42 Å². The van der Waals surface area contributed by atoms with Crippen LogP contribution in [0.3, 0.4) is 0 Å². The van der Waals surface area contributed by atoms with E-state index in [1.807, 2.05) is 13.8 Å². The van der Waals surface area contributed by atoms with Crippen molar-refractivity contribution in [1.29, 1.82) is 0 Å². The van der Waals surface area contributed by atoms with Crippen molar-refractivity contribution in [2.24, 2.45) is 0 Å². The van der Waals surface area contributed by atoms with Crippen molar-refractivity contribution in [2.45, 2.75) is 39.3 Å². The Labute approximate surface area is 115 Å². The monoisotopic (exact) mass is 316 g/mol. The van der Waals surface area contributed by atoms with Crippen LogP contribution in [0.15, 0.2) is 22.7 Å². The maximum atomic E-state index is 13.1. The van der Waals surface area contributed by atoms with E-state index < -0.39 is 0 Å². The Hall–Kier alpha value is -1.10. The minimum absolute atomic E-state index is 0.0650. The molecular formula is C13H18BrFN2O. The minimum atomic E-state index is -0.364. The van der Waals surface area contributed by atoms with E-state index in [4.69, 9.17) is 0 Å². The van der Waals surface area contributed by atoms with E-state index >= 15 is 0 Å². The van der Waals surface area contributed by atoms with Gasteiger partial charge in [0.15, 0.2) is 0 Å². The van der Waals surface area contributed by atoms with Gasteiger partial charge in [0.25, 0.3) is 0 Å². The molecule has 0 heterocycles. The molecule has 100 valence electrons. The lowest BCUT2D eigenvalue weighted by Gasteiger charge is -2.18. The van der Waals surface area contributed by atoms with Gasteiger partial charge in [-0.3, -0.25) is 4.79 Å². The van der Waals surface area contributed by atoms with Crippen molar-refractivity contribution in [3.05, 3.63) is 28.5 Å². The highest BCUT2D eigenvalue weighted by Gasteiger charge is 2.14. The van der Waals surface area contributed by atoms with Gasteiger partial charge in [-0.25, -0.2) is 4.39 Å². The number of rotatable bonds is 5. The van der Waals surface area contributed by atoms with Gasteiger partial charge < -0.3 is 10.6 Å². The first-order valence-electron chi connectivity index (χ1n) is 5.96. The summed E-state index contributed by atoms with van der Waals surface area (Å²) in [6.07, 6.45) is 0.889. The zero-order chi connectivity index (χ0) is 13.7. The third-order valence-electron chi connectivity index (χ3n) is 2.70. The van der Waals surface area contributed by atoms with Gasteiger partial charge >= 0.3 is 0 Å². The van der Waals surface area contributed by atoms with Crippen LogP contribution in [0.1, 0.15) is 27.2 Å². The van der Waals surface area contributed by atoms with E-state index in [-0.39, 0.29) is 23.8 Å². The molecule has 0 aliphatic heterocycles. The fourth-order valence-electron chi connectivity index (χ4n) is 1.37. The van der Waals surface area contributed by atoms with Crippen molar-refractivity contribution in [3.63, 3.8) is 0 Å². The zero-order valence-corrected chi connectivity index (χ0v) is 12.3. The summed E-state index contributed by atoms with van der Waals surface area (Å²) >= 11 is 3.11. The summed E-state index contributed by atoms with van der Waals surface area (Å²) < 4.78 is 13.4. The van der Waals surface area contributed by atoms with Crippen LogP contribution in [0.25, 0.3) is 0 Å². The Bertz CT molecular complexity index is 425. The summed E-state index contributed by atoms with van der Waals surface area (Å²) in [5.74, 6) is -0.387. The van der Waals surface area contributed by atoms with E-state index in [2.05, 4.69) is 26.6 Å². The summed E-state index contributed by atoms with van der Waals surface area (Å²) in [5, 5.41) is 5.92. The number of benzene rings is 1. The number of nitrogens with one attached hydrogen (secondary N) is 2. The van der Waals surface area contributed by atoms with Crippen LogP contribution >= 0.6 is 15.9 Å². The number of anilines is 1. The second-order valence-corrected chi connectivity index (χ2v) is 5.17. The highest BCUT2D eigenvalue weighted by atomic mass is 79.9. The lowest BCUT2D eigenvalue weighted by atomic mass is 10.2. The molecule has 2 unspecified atom stereocenters. The molecule has 0 fully saturated rings. The minimum Gasteiger partial charge on any atom is -0.374 e. The second-order valence-electron chi connectivity index (χ2n) is 4.31. The maximum absolute atomic E-state index is 13.1. The molecule has 0 aliphatic carbocycles. The van der Waals surface area contributed by atoms with E-state index in [0.29, 0.717) is 10.2 Å². The topological polar surface area (TPSA) is 41.1 Å². The zero-order valence-electron chi connectivity index (χ0n) is 10.8. The molecule has 5 heteroatoms. The normalized spacial score (nSPS) is 13.8. The Balaban J connectivity index is 2.60. The van der Waals surface area contributed by atoms with Gasteiger partial charge in [-0.2, -0.15) is 0 Å². The van der Waals surface area contributed by atoms with Crippen molar-refractivity contribution < 1.29 is 9.18 Å². The highest BCUT2D eigenvalue weighted by molar-refractivity contribution is 9.10. The first-order valence-corrected chi connectivity index (χ1v) is 6.75. The number of carbonyl (C=O) groups excluding carboxylic acids is 1. The third-order valence-corrected chi connectivity index (χ3v) is 3.30. The van der Waals surface area contributed by atoms with Gasteiger partial charge in [-0.05, 0) is 54.4 Å². The van der Waals surface area contributed by atoms with Crippen LogP contribution in [0.4, 0.5) is 10.1 Å². The van der Waals surface area contributed by atoms with Crippen molar-refractivity contribution >= 4 is 27.5 Å². The number of amides is 1. The fraction of sp³-hybridized carbons (Fsp3) is 0.462. The molecule has 1 aromatic rings. The van der Waals surface area contributed by atoms with Crippen LogP contribution in [0.5, 0.6) is 0 Å². The molecule has 3 nitrogen and oxygen atoms in total. The van der Waals surface area contributed by atoms with Gasteiger partial charge in [0, 0.05) is 11.7 Å². The Morgan fingerprint density at radius 2 is 2.11 bits per heavy atom. The summed E-state index contributed by atoms with van der Waals surface area (Å²) in [6.45, 7) is 5.74. The van der Waals surface area contributed by atoms with Crippen LogP contribution in [-0.4, -0.2) is 18.0 Å². The molecule has 0 aliphatic rings. The molecular weight excluding hydrogens is 299 g/mol. The Morgan fingerprint density at radius 3 is 2.67 bits per heavy atom. The summed E-state index contributed by atoms with van der Waals surface area (Å²) in [5.41, 5.74) is 0.704. The molecule has 18 heavy (non-hydrogen) atoms. The van der Waals surface area contributed by atoms with Crippen molar-refractivity contribution in [1.82, 2.24) is 5.32 Å². The first kappa shape index (κ1) is 15.0. The molecule has 2 N–H and O–H groups in total. The quantitative estimate of drug-likeness (QED) is 0.875. The third kappa shape index (κ3) is 4.29. The van der Waals surface area contributed by atoms with E-state index in [1.165, 1.54) is 6.07 Å². The van der Waals surface area contributed by atoms with Crippen LogP contribution in [-0.2, 0) is 4.79 Å². The predicted molar refractivity (Wildman–Crippen MR) is 75.1 cm³/mol. The maximum Gasteiger partial charge on any atom is 0.242 e. The van der Waals surface area contributed by atoms with E-state index in [1.54, 1.807) is 19.1 Å². The molecule has 1 amide bonds. The van der Waals surface area contributed by atoms with Gasteiger partial charge in [-0.1, -0.05) is 6.92 Å². The van der Waals surface area contributed by atoms with Gasteiger partial charge in [0.05, 0.1) is 4.47 Å². The van der Waals surface area contributed by atoms with Gasteiger partial charge in [0.1, 0.15) is 11.9 Å². The van der Waals surface area contributed by atoms with Crippen LogP contribution in [0.2, 0.25) is 0 Å². The average molecular weight is 317 g/mol. The summed E-state index contributed by atoms with van der Waals surface area (Å²) in [6, 6.07) is 4.36. The van der Waals surface area contributed by atoms with Gasteiger partial charge in [-0.15, -0.1) is 0 Å². The standard InChI is InChI=1S/C13H18BrFN2O/c1-4-8(2)16-13(18)9(3)17-10-5-6-12(15)11(14)7-10/h5-9,17H,4H2,1-3H3,(H,16,18). The fourth-order valence-corrected chi connectivity index (χ4v) is 1.75. The number of carbonyl (C=O) groups is 1. The van der Waals surface area contributed by atoms with E-state index in [9.17, 15) is 9.18 Å². The number of hydrogen-bond acceptors (Lipinski definition) is 2. The Kier molecular flexibility index (Phi) is 5.59. The molecule has 1 aromatic carbocycles. The molecule has 0 aromatic heterocycles. The molecule has 0 radical (unpaired) electrons. The van der Waals surface area contributed by atoms with Crippen molar-refractivity contribution in [2.75, 3.05) is 5.32 Å². The molecule has 1 rings (SSSR count). The lowest BCUT2D eigenvalue weighted by Crippen LogP contribution is -2.41. The smallest absolute Gasteiger partial charge is 0.242 e. The second kappa shape index (κ2) is 6.73. The van der Waals surface area contributed by atoms with Gasteiger partial charge in [0.2, 0.25) is 5.91 Å². The molecule has 0 spiro atoms. The molecule has 0 bridgehead atoms. The number of hydrogen-bond donors (Lipinski definition) is 2. The first-order chi connectivity index (χ1) is 8.43. The Morgan fingerprint density at radius 1 is 1.44 bits per heavy atom. The summed E-state index contributed by atoms with van der Waals surface area (Å²) in [7, 11) is 0. The number of halogens is 2. The van der Waals surface area contributed by atoms with Crippen molar-refractivity contribution in [3.8, 4) is 0 Å². The molecule has 2 atom stereocenters. The highest BCUT2D eigenvalue weighted by Crippen LogP contribution is 2.20.